The minimum atomic E-state index is 0.0759. The van der Waals surface area contributed by atoms with Gasteiger partial charge in [0.05, 0.1) is 5.56 Å². The number of hydrogen-bond acceptors (Lipinski definition) is 4. The third-order valence-electron chi connectivity index (χ3n) is 2.91. The average Bonchev–Trinajstić information content (AvgIpc) is 2.74. The average molecular weight is 235 g/mol. The van der Waals surface area contributed by atoms with Crippen LogP contribution in [0.4, 0.5) is 0 Å². The second kappa shape index (κ2) is 5.05. The fraction of sp³-hybridized carbons (Fsp3) is 0.417. The Kier molecular flexibility index (Phi) is 3.49. The third kappa shape index (κ3) is 2.68. The molecule has 1 aliphatic rings. The molecule has 0 amide bonds. The quantitative estimate of drug-likeness (QED) is 0.353. The lowest BCUT2D eigenvalue weighted by molar-refractivity contribution is 0.207. The van der Waals surface area contributed by atoms with Crippen LogP contribution in [0.1, 0.15) is 12.0 Å². The van der Waals surface area contributed by atoms with Gasteiger partial charge in [0.2, 0.25) is 0 Å². The van der Waals surface area contributed by atoms with Crippen molar-refractivity contribution >= 4 is 5.84 Å². The molecule has 2 rings (SSSR count). The summed E-state index contributed by atoms with van der Waals surface area (Å²) >= 11 is 0. The van der Waals surface area contributed by atoms with Crippen LogP contribution in [0.3, 0.4) is 0 Å². The Bertz CT molecular complexity index is 420. The van der Waals surface area contributed by atoms with Crippen LogP contribution in [0, 0.1) is 0 Å². The number of ether oxygens (including phenoxy) is 1. The smallest absolute Gasteiger partial charge is 0.173 e. The second-order valence-corrected chi connectivity index (χ2v) is 4.27. The highest BCUT2D eigenvalue weighted by Gasteiger charge is 2.22. The molecule has 0 aromatic heterocycles. The Morgan fingerprint density at radius 2 is 2.29 bits per heavy atom. The van der Waals surface area contributed by atoms with Crippen molar-refractivity contribution in [1.29, 1.82) is 0 Å². The summed E-state index contributed by atoms with van der Waals surface area (Å²) in [6.07, 6.45) is 1.17. The summed E-state index contributed by atoms with van der Waals surface area (Å²) in [6, 6.07) is 7.33. The summed E-state index contributed by atoms with van der Waals surface area (Å²) in [4.78, 5) is 2.22. The molecule has 1 heterocycles. The van der Waals surface area contributed by atoms with Crippen molar-refractivity contribution in [3.8, 4) is 5.75 Å². The van der Waals surface area contributed by atoms with Crippen LogP contribution in [-0.2, 0) is 0 Å². The number of nitrogens with zero attached hydrogens (tertiary/aromatic N) is 2. The molecule has 1 atom stereocenters. The Morgan fingerprint density at radius 3 is 2.94 bits per heavy atom. The van der Waals surface area contributed by atoms with Crippen LogP contribution >= 0.6 is 0 Å². The molecular formula is C12H17N3O2. The van der Waals surface area contributed by atoms with Crippen LogP contribution in [0.25, 0.3) is 0 Å². The molecular weight excluding hydrogens is 218 g/mol. The highest BCUT2D eigenvalue weighted by atomic mass is 16.5. The van der Waals surface area contributed by atoms with Crippen molar-refractivity contribution < 1.29 is 9.94 Å². The summed E-state index contributed by atoms with van der Waals surface area (Å²) in [6.45, 7) is 1.95. The van der Waals surface area contributed by atoms with Gasteiger partial charge in [-0.25, -0.2) is 0 Å². The van der Waals surface area contributed by atoms with Gasteiger partial charge in [-0.2, -0.15) is 0 Å². The van der Waals surface area contributed by atoms with Gasteiger partial charge in [-0.05, 0) is 25.6 Å². The maximum absolute atomic E-state index is 8.71. The molecule has 1 aromatic rings. The zero-order valence-electron chi connectivity index (χ0n) is 9.84. The molecule has 92 valence electrons. The van der Waals surface area contributed by atoms with Crippen molar-refractivity contribution in [1.82, 2.24) is 4.90 Å². The monoisotopic (exact) mass is 235 g/mol. The van der Waals surface area contributed by atoms with Gasteiger partial charge in [-0.3, -0.25) is 0 Å². The SMILES string of the molecule is CN1CCC(Oc2ccccc2/C(N)=N/O)C1. The first-order valence-electron chi connectivity index (χ1n) is 5.63. The molecule has 5 nitrogen and oxygen atoms in total. The standard InChI is InChI=1S/C12H17N3O2/c1-15-7-6-9(8-15)17-11-5-3-2-4-10(11)12(13)14-16/h2-5,9,16H,6-8H2,1H3,(H2,13,14). The van der Waals surface area contributed by atoms with Gasteiger partial charge < -0.3 is 20.6 Å². The van der Waals surface area contributed by atoms with E-state index in [2.05, 4.69) is 17.1 Å². The van der Waals surface area contributed by atoms with E-state index in [0.29, 0.717) is 11.3 Å². The molecule has 0 saturated carbocycles. The van der Waals surface area contributed by atoms with E-state index in [1.54, 1.807) is 6.07 Å². The molecule has 1 aromatic carbocycles. The fourth-order valence-electron chi connectivity index (χ4n) is 2.01. The van der Waals surface area contributed by atoms with Crippen LogP contribution in [0.2, 0.25) is 0 Å². The molecule has 1 saturated heterocycles. The molecule has 0 spiro atoms. The largest absolute Gasteiger partial charge is 0.488 e. The molecule has 0 aliphatic carbocycles. The van der Waals surface area contributed by atoms with Crippen molar-refractivity contribution in [2.75, 3.05) is 20.1 Å². The Balaban J connectivity index is 2.15. The van der Waals surface area contributed by atoms with E-state index in [0.717, 1.165) is 19.5 Å². The first kappa shape index (κ1) is 11.7. The van der Waals surface area contributed by atoms with E-state index in [1.807, 2.05) is 18.2 Å². The van der Waals surface area contributed by atoms with E-state index in [4.69, 9.17) is 15.7 Å². The van der Waals surface area contributed by atoms with Crippen LogP contribution in [-0.4, -0.2) is 42.2 Å². The lowest BCUT2D eigenvalue weighted by Gasteiger charge is -2.16. The number of likely N-dealkylation sites (tertiary alicyclic amines) is 1. The topological polar surface area (TPSA) is 71.1 Å². The number of likely N-dealkylation sites (N-methyl/N-ethyl adjacent to an activating group) is 1. The Hall–Kier alpha value is -1.75. The molecule has 17 heavy (non-hydrogen) atoms. The Morgan fingerprint density at radius 1 is 1.53 bits per heavy atom. The summed E-state index contributed by atoms with van der Waals surface area (Å²) in [5, 5.41) is 11.7. The fourth-order valence-corrected chi connectivity index (χ4v) is 2.01. The number of hydrogen-bond donors (Lipinski definition) is 2. The summed E-state index contributed by atoms with van der Waals surface area (Å²) < 4.78 is 5.89. The van der Waals surface area contributed by atoms with E-state index in [-0.39, 0.29) is 11.9 Å². The molecule has 3 N–H and O–H groups in total. The minimum Gasteiger partial charge on any atom is -0.488 e. The highest BCUT2D eigenvalue weighted by molar-refractivity contribution is 5.99. The van der Waals surface area contributed by atoms with Crippen molar-refractivity contribution in [2.45, 2.75) is 12.5 Å². The minimum absolute atomic E-state index is 0.0759. The molecule has 1 aliphatic heterocycles. The normalized spacial score (nSPS) is 21.7. The van der Waals surface area contributed by atoms with Gasteiger partial charge in [-0.1, -0.05) is 17.3 Å². The molecule has 0 radical (unpaired) electrons. The zero-order valence-corrected chi connectivity index (χ0v) is 9.84. The Labute approximate surface area is 100 Å². The third-order valence-corrected chi connectivity index (χ3v) is 2.91. The maximum atomic E-state index is 8.71. The lowest BCUT2D eigenvalue weighted by Crippen LogP contribution is -2.23. The van der Waals surface area contributed by atoms with Gasteiger partial charge in [0.25, 0.3) is 0 Å². The zero-order chi connectivity index (χ0) is 12.3. The lowest BCUT2D eigenvalue weighted by atomic mass is 10.2. The predicted molar refractivity (Wildman–Crippen MR) is 65.5 cm³/mol. The summed E-state index contributed by atoms with van der Waals surface area (Å²) in [5.74, 6) is 0.745. The number of benzene rings is 1. The highest BCUT2D eigenvalue weighted by Crippen LogP contribution is 2.22. The first-order chi connectivity index (χ1) is 8.20. The van der Waals surface area contributed by atoms with E-state index >= 15 is 0 Å². The first-order valence-corrected chi connectivity index (χ1v) is 5.63. The molecule has 5 heteroatoms. The molecule has 0 bridgehead atoms. The van der Waals surface area contributed by atoms with Crippen LogP contribution in [0.5, 0.6) is 5.75 Å². The van der Waals surface area contributed by atoms with Gasteiger partial charge in [0, 0.05) is 13.1 Å². The molecule has 1 fully saturated rings. The van der Waals surface area contributed by atoms with Crippen molar-refractivity contribution in [2.24, 2.45) is 10.9 Å². The number of rotatable bonds is 3. The van der Waals surface area contributed by atoms with E-state index < -0.39 is 0 Å². The number of amidine groups is 1. The van der Waals surface area contributed by atoms with Crippen LogP contribution in [0.15, 0.2) is 29.4 Å². The number of nitrogens with two attached hydrogens (primary N) is 1. The van der Waals surface area contributed by atoms with E-state index in [9.17, 15) is 0 Å². The van der Waals surface area contributed by atoms with Gasteiger partial charge in [0.1, 0.15) is 11.9 Å². The van der Waals surface area contributed by atoms with Crippen LogP contribution < -0.4 is 10.5 Å². The van der Waals surface area contributed by atoms with Crippen molar-refractivity contribution in [3.63, 3.8) is 0 Å². The molecule has 1 unspecified atom stereocenters. The van der Waals surface area contributed by atoms with Crippen molar-refractivity contribution in [3.05, 3.63) is 29.8 Å². The maximum Gasteiger partial charge on any atom is 0.173 e. The predicted octanol–water partition coefficient (Wildman–Crippen LogP) is 0.864. The summed E-state index contributed by atoms with van der Waals surface area (Å²) in [5.41, 5.74) is 6.24. The number of para-hydroxylation sites is 1. The van der Waals surface area contributed by atoms with Gasteiger partial charge in [0.15, 0.2) is 5.84 Å². The summed E-state index contributed by atoms with van der Waals surface area (Å²) in [7, 11) is 2.07. The second-order valence-electron chi connectivity index (χ2n) is 4.27. The number of oxime groups is 1. The van der Waals surface area contributed by atoms with Gasteiger partial charge in [-0.15, -0.1) is 0 Å². The van der Waals surface area contributed by atoms with Gasteiger partial charge >= 0.3 is 0 Å². The van der Waals surface area contributed by atoms with E-state index in [1.165, 1.54) is 0 Å².